The predicted molar refractivity (Wildman–Crippen MR) is 105 cm³/mol. The van der Waals surface area contributed by atoms with Crippen molar-refractivity contribution in [3.63, 3.8) is 0 Å². The summed E-state index contributed by atoms with van der Waals surface area (Å²) in [7, 11) is 1.53. The Morgan fingerprint density at radius 1 is 1.00 bits per heavy atom. The van der Waals surface area contributed by atoms with Crippen molar-refractivity contribution in [2.24, 2.45) is 4.99 Å². The fourth-order valence-electron chi connectivity index (χ4n) is 3.14. The van der Waals surface area contributed by atoms with Gasteiger partial charge in [-0.3, -0.25) is 9.79 Å². The maximum absolute atomic E-state index is 13.6. The quantitative estimate of drug-likeness (QED) is 0.622. The van der Waals surface area contributed by atoms with Crippen molar-refractivity contribution >= 4 is 17.2 Å². The van der Waals surface area contributed by atoms with Gasteiger partial charge in [-0.05, 0) is 29.3 Å². The minimum atomic E-state index is -0.361. The molecule has 0 saturated carbocycles. The molecule has 1 aliphatic heterocycles. The second-order valence-electron chi connectivity index (χ2n) is 6.46. The van der Waals surface area contributed by atoms with Gasteiger partial charge in [-0.25, -0.2) is 4.39 Å². The zero-order valence-electron chi connectivity index (χ0n) is 15.3. The van der Waals surface area contributed by atoms with Gasteiger partial charge in [0.2, 0.25) is 0 Å². The summed E-state index contributed by atoms with van der Waals surface area (Å²) in [5.41, 5.74) is 3.13. The third-order valence-electron chi connectivity index (χ3n) is 4.56. The van der Waals surface area contributed by atoms with Crippen molar-refractivity contribution in [2.45, 2.75) is 13.0 Å². The number of hydrogen-bond acceptors (Lipinski definition) is 4. The molecule has 5 heteroatoms. The first-order chi connectivity index (χ1) is 13.6. The minimum absolute atomic E-state index is 0.0860. The van der Waals surface area contributed by atoms with Gasteiger partial charge in [0.1, 0.15) is 12.4 Å². The summed E-state index contributed by atoms with van der Waals surface area (Å²) in [6.45, 7) is 0.365. The van der Waals surface area contributed by atoms with E-state index in [2.05, 4.69) is 4.99 Å². The third kappa shape index (κ3) is 3.64. The van der Waals surface area contributed by atoms with Crippen LogP contribution in [0.25, 0.3) is 0 Å². The molecule has 0 aromatic heterocycles. The van der Waals surface area contributed by atoms with Crippen molar-refractivity contribution in [2.75, 3.05) is 7.11 Å². The fraction of sp³-hybridized carbons (Fsp3) is 0.130. The van der Waals surface area contributed by atoms with Gasteiger partial charge in [-0.1, -0.05) is 42.5 Å². The minimum Gasteiger partial charge on any atom is -0.493 e. The van der Waals surface area contributed by atoms with Crippen molar-refractivity contribution in [3.8, 4) is 11.5 Å². The highest BCUT2D eigenvalue weighted by Crippen LogP contribution is 2.38. The molecule has 1 aliphatic rings. The van der Waals surface area contributed by atoms with Crippen LogP contribution >= 0.6 is 0 Å². The Balaban J connectivity index is 1.70. The molecule has 0 unspecified atom stereocenters. The summed E-state index contributed by atoms with van der Waals surface area (Å²) in [6, 6.07) is 19.2. The van der Waals surface area contributed by atoms with Gasteiger partial charge >= 0.3 is 0 Å². The third-order valence-corrected chi connectivity index (χ3v) is 4.56. The van der Waals surface area contributed by atoms with Crippen LogP contribution in [0.15, 0.2) is 71.7 Å². The summed E-state index contributed by atoms with van der Waals surface area (Å²) in [6.07, 6.45) is 0.115. The molecule has 1 heterocycles. The Morgan fingerprint density at radius 3 is 2.57 bits per heavy atom. The molecule has 4 nitrogen and oxygen atoms in total. The fourth-order valence-corrected chi connectivity index (χ4v) is 3.14. The Bertz CT molecular complexity index is 1060. The summed E-state index contributed by atoms with van der Waals surface area (Å²) in [5.74, 6) is 0.534. The molecular weight excluding hydrogens is 357 g/mol. The van der Waals surface area contributed by atoms with E-state index in [0.29, 0.717) is 40.6 Å². The number of nitrogens with zero attached hydrogens (tertiary/aromatic N) is 1. The zero-order chi connectivity index (χ0) is 19.5. The molecule has 3 aromatic rings. The first-order valence-electron chi connectivity index (χ1n) is 8.89. The van der Waals surface area contributed by atoms with Gasteiger partial charge in [0.05, 0.1) is 24.9 Å². The van der Waals surface area contributed by atoms with E-state index in [-0.39, 0.29) is 18.0 Å². The van der Waals surface area contributed by atoms with E-state index in [0.717, 1.165) is 5.56 Å². The molecule has 0 saturated heterocycles. The van der Waals surface area contributed by atoms with E-state index in [1.807, 2.05) is 30.3 Å². The number of rotatable bonds is 5. The zero-order valence-corrected chi connectivity index (χ0v) is 15.3. The van der Waals surface area contributed by atoms with Gasteiger partial charge in [-0.15, -0.1) is 0 Å². The van der Waals surface area contributed by atoms with E-state index in [1.165, 1.54) is 19.2 Å². The highest BCUT2D eigenvalue weighted by molar-refractivity contribution is 6.21. The van der Waals surface area contributed by atoms with Crippen LogP contribution in [-0.2, 0) is 6.61 Å². The van der Waals surface area contributed by atoms with Crippen LogP contribution in [0.4, 0.5) is 10.1 Å². The molecular formula is C23H18FNO3. The Morgan fingerprint density at radius 2 is 1.82 bits per heavy atom. The van der Waals surface area contributed by atoms with E-state index in [9.17, 15) is 9.18 Å². The van der Waals surface area contributed by atoms with Gasteiger partial charge in [0.25, 0.3) is 0 Å². The number of Topliss-reactive ketones (excluding diaryl/α,β-unsaturated/α-hetero) is 1. The number of fused-ring (bicyclic) bond motifs is 1. The van der Waals surface area contributed by atoms with Crippen LogP contribution in [0, 0.1) is 5.82 Å². The van der Waals surface area contributed by atoms with Gasteiger partial charge in [-0.2, -0.15) is 0 Å². The number of halogens is 1. The van der Waals surface area contributed by atoms with Crippen LogP contribution in [0.3, 0.4) is 0 Å². The van der Waals surface area contributed by atoms with Crippen molar-refractivity contribution in [1.82, 2.24) is 0 Å². The first-order valence-corrected chi connectivity index (χ1v) is 8.89. The summed E-state index contributed by atoms with van der Waals surface area (Å²) in [5, 5.41) is 0. The lowest BCUT2D eigenvalue weighted by atomic mass is 9.95. The predicted octanol–water partition coefficient (Wildman–Crippen LogP) is 5.12. The van der Waals surface area contributed by atoms with Gasteiger partial charge < -0.3 is 9.47 Å². The number of hydrogen-bond donors (Lipinski definition) is 0. The number of carbonyl (C=O) groups is 1. The Hall–Kier alpha value is -3.47. The summed E-state index contributed by atoms with van der Waals surface area (Å²) < 4.78 is 24.9. The van der Waals surface area contributed by atoms with Crippen LogP contribution in [0.1, 0.15) is 27.9 Å². The molecule has 3 aromatic carbocycles. The number of aliphatic imine (C=N–C) groups is 1. The second kappa shape index (κ2) is 7.64. The Kier molecular flexibility index (Phi) is 4.89. The number of ketones is 1. The standard InChI is InChI=1S/C23H18FNO3/c1-27-22-11-18-20(13-23(22)28-14-15-6-3-2-4-7-15)25-19(12-21(18)26)16-8-5-9-17(24)10-16/h2-11,13H,12,14H2,1H3. The lowest BCUT2D eigenvalue weighted by molar-refractivity contribution is 0.0999. The van der Waals surface area contributed by atoms with Gasteiger partial charge in [0, 0.05) is 11.6 Å². The van der Waals surface area contributed by atoms with E-state index in [4.69, 9.17) is 9.47 Å². The van der Waals surface area contributed by atoms with E-state index < -0.39 is 0 Å². The van der Waals surface area contributed by atoms with Crippen molar-refractivity contribution in [3.05, 3.63) is 89.2 Å². The summed E-state index contributed by atoms with van der Waals surface area (Å²) in [4.78, 5) is 17.2. The average Bonchev–Trinajstić information content (AvgIpc) is 2.72. The second-order valence-corrected chi connectivity index (χ2v) is 6.46. The number of methoxy groups -OCH3 is 1. The average molecular weight is 375 g/mol. The molecule has 0 spiro atoms. The molecule has 0 amide bonds. The maximum Gasteiger partial charge on any atom is 0.171 e. The monoisotopic (exact) mass is 375 g/mol. The normalized spacial score (nSPS) is 12.9. The van der Waals surface area contributed by atoms with Crippen LogP contribution in [0.5, 0.6) is 11.5 Å². The van der Waals surface area contributed by atoms with Gasteiger partial charge in [0.15, 0.2) is 17.3 Å². The lowest BCUT2D eigenvalue weighted by Crippen LogP contribution is -2.15. The molecule has 0 radical (unpaired) electrons. The molecule has 0 bridgehead atoms. The molecule has 0 N–H and O–H groups in total. The largest absolute Gasteiger partial charge is 0.493 e. The topological polar surface area (TPSA) is 47.9 Å². The lowest BCUT2D eigenvalue weighted by Gasteiger charge is -2.18. The summed E-state index contributed by atoms with van der Waals surface area (Å²) >= 11 is 0. The number of benzene rings is 3. The van der Waals surface area contributed by atoms with Crippen LogP contribution in [-0.4, -0.2) is 18.6 Å². The number of ether oxygens (including phenoxy) is 2. The molecule has 4 rings (SSSR count). The van der Waals surface area contributed by atoms with E-state index >= 15 is 0 Å². The van der Waals surface area contributed by atoms with Crippen molar-refractivity contribution < 1.29 is 18.7 Å². The smallest absolute Gasteiger partial charge is 0.171 e. The van der Waals surface area contributed by atoms with E-state index in [1.54, 1.807) is 24.3 Å². The first kappa shape index (κ1) is 17.9. The van der Waals surface area contributed by atoms with Crippen LogP contribution < -0.4 is 9.47 Å². The SMILES string of the molecule is COc1cc2c(cc1OCc1ccccc1)N=C(c1cccc(F)c1)CC2=O. The molecule has 0 atom stereocenters. The molecule has 140 valence electrons. The molecule has 0 fully saturated rings. The maximum atomic E-state index is 13.6. The van der Waals surface area contributed by atoms with Crippen LogP contribution in [0.2, 0.25) is 0 Å². The molecule has 28 heavy (non-hydrogen) atoms. The molecule has 0 aliphatic carbocycles. The number of carbonyl (C=O) groups excluding carboxylic acids is 1. The van der Waals surface area contributed by atoms with Crippen molar-refractivity contribution in [1.29, 1.82) is 0 Å². The Labute approximate surface area is 162 Å². The highest BCUT2D eigenvalue weighted by atomic mass is 19.1. The highest BCUT2D eigenvalue weighted by Gasteiger charge is 2.24.